The van der Waals surface area contributed by atoms with Crippen LogP contribution in [0.3, 0.4) is 0 Å². The van der Waals surface area contributed by atoms with Gasteiger partial charge in [0.25, 0.3) is 0 Å². The number of hydrogen-bond acceptors (Lipinski definition) is 5. The summed E-state index contributed by atoms with van der Waals surface area (Å²) in [6.07, 6.45) is 0. The van der Waals surface area contributed by atoms with Gasteiger partial charge >= 0.3 is 0 Å². The van der Waals surface area contributed by atoms with Gasteiger partial charge in [-0.15, -0.1) is 11.3 Å². The zero-order valence-electron chi connectivity index (χ0n) is 14.5. The smallest absolute Gasteiger partial charge is 0.238 e. The van der Waals surface area contributed by atoms with E-state index in [4.69, 9.17) is 27.9 Å². The van der Waals surface area contributed by atoms with E-state index in [-0.39, 0.29) is 5.91 Å². The highest BCUT2D eigenvalue weighted by Gasteiger charge is 2.19. The largest absolute Gasteiger partial charge is 0.495 e. The predicted molar refractivity (Wildman–Crippen MR) is 108 cm³/mol. The molecule has 26 heavy (non-hydrogen) atoms. The van der Waals surface area contributed by atoms with Crippen molar-refractivity contribution >= 4 is 46.1 Å². The third-order valence-electron chi connectivity index (χ3n) is 4.28. The summed E-state index contributed by atoms with van der Waals surface area (Å²) in [5.74, 6) is 0.553. The topological polar surface area (TPSA) is 44.8 Å². The van der Waals surface area contributed by atoms with Crippen LogP contribution in [0.25, 0.3) is 0 Å². The van der Waals surface area contributed by atoms with Crippen molar-refractivity contribution in [3.05, 3.63) is 44.6 Å². The standard InChI is InChI=1S/C18H21Cl2N3O2S/c1-25-16-4-2-13(10-15(16)19)21-18(24)12-23-8-6-22(7-9-23)11-14-3-5-17(20)26-14/h2-5,10H,6-9,11-12H2,1H3,(H,21,24). The molecule has 1 aliphatic rings. The van der Waals surface area contributed by atoms with Crippen LogP contribution in [0, 0.1) is 0 Å². The zero-order chi connectivity index (χ0) is 18.5. The summed E-state index contributed by atoms with van der Waals surface area (Å²) in [6, 6.07) is 9.24. The molecule has 0 aliphatic carbocycles. The molecule has 5 nitrogen and oxygen atoms in total. The Balaban J connectivity index is 1.43. The molecule has 0 unspecified atom stereocenters. The van der Waals surface area contributed by atoms with E-state index in [1.165, 1.54) is 4.88 Å². The minimum atomic E-state index is -0.0373. The van der Waals surface area contributed by atoms with Crippen LogP contribution in [0.4, 0.5) is 5.69 Å². The van der Waals surface area contributed by atoms with E-state index >= 15 is 0 Å². The van der Waals surface area contributed by atoms with Crippen LogP contribution in [-0.4, -0.2) is 55.5 Å². The van der Waals surface area contributed by atoms with Gasteiger partial charge in [-0.2, -0.15) is 0 Å². The molecule has 1 N–H and O–H groups in total. The molecule has 1 amide bonds. The lowest BCUT2D eigenvalue weighted by atomic mass is 10.2. The third-order valence-corrected chi connectivity index (χ3v) is 5.79. The van der Waals surface area contributed by atoms with Crippen molar-refractivity contribution in [2.75, 3.05) is 45.2 Å². The fraction of sp³-hybridized carbons (Fsp3) is 0.389. The first-order valence-electron chi connectivity index (χ1n) is 8.36. The first-order chi connectivity index (χ1) is 12.5. The summed E-state index contributed by atoms with van der Waals surface area (Å²) in [5, 5.41) is 3.37. The van der Waals surface area contributed by atoms with Crippen molar-refractivity contribution in [3.8, 4) is 5.75 Å². The van der Waals surface area contributed by atoms with Crippen molar-refractivity contribution in [3.63, 3.8) is 0 Å². The molecule has 0 bridgehead atoms. The van der Waals surface area contributed by atoms with Gasteiger partial charge in [-0.1, -0.05) is 23.2 Å². The van der Waals surface area contributed by atoms with Crippen LogP contribution in [0.1, 0.15) is 4.88 Å². The number of piperazine rings is 1. The number of rotatable bonds is 6. The van der Waals surface area contributed by atoms with E-state index in [1.807, 2.05) is 6.07 Å². The first kappa shape index (κ1) is 19.5. The van der Waals surface area contributed by atoms with Gasteiger partial charge in [0, 0.05) is 43.3 Å². The number of amides is 1. The van der Waals surface area contributed by atoms with Crippen molar-refractivity contribution in [2.24, 2.45) is 0 Å². The molecule has 0 saturated carbocycles. The zero-order valence-corrected chi connectivity index (χ0v) is 16.8. The van der Waals surface area contributed by atoms with Crippen molar-refractivity contribution in [2.45, 2.75) is 6.54 Å². The molecule has 1 aliphatic heterocycles. The Hall–Kier alpha value is -1.31. The molecule has 2 heterocycles. The maximum Gasteiger partial charge on any atom is 0.238 e. The van der Waals surface area contributed by atoms with Gasteiger partial charge in [-0.05, 0) is 30.3 Å². The second-order valence-corrected chi connectivity index (χ2v) is 8.36. The van der Waals surface area contributed by atoms with Gasteiger partial charge in [-0.25, -0.2) is 0 Å². The molecule has 1 saturated heterocycles. The summed E-state index contributed by atoms with van der Waals surface area (Å²) < 4.78 is 5.94. The summed E-state index contributed by atoms with van der Waals surface area (Å²) in [6.45, 7) is 4.92. The number of benzene rings is 1. The lowest BCUT2D eigenvalue weighted by Crippen LogP contribution is -2.48. The Bertz CT molecular complexity index is 761. The molecule has 1 aromatic carbocycles. The Kier molecular flexibility index (Phi) is 6.78. The Morgan fingerprint density at radius 3 is 2.50 bits per heavy atom. The number of hydrogen-bond donors (Lipinski definition) is 1. The van der Waals surface area contributed by atoms with Crippen LogP contribution in [0.5, 0.6) is 5.75 Å². The van der Waals surface area contributed by atoms with Crippen LogP contribution in [0.15, 0.2) is 30.3 Å². The van der Waals surface area contributed by atoms with Crippen molar-refractivity contribution < 1.29 is 9.53 Å². The number of halogens is 2. The second-order valence-electron chi connectivity index (χ2n) is 6.16. The summed E-state index contributed by atoms with van der Waals surface area (Å²) in [4.78, 5) is 18.1. The third kappa shape index (κ3) is 5.34. The number of carbonyl (C=O) groups is 1. The lowest BCUT2D eigenvalue weighted by molar-refractivity contribution is -0.117. The number of methoxy groups -OCH3 is 1. The highest BCUT2D eigenvalue weighted by Crippen LogP contribution is 2.27. The molecule has 140 valence electrons. The average molecular weight is 414 g/mol. The molecule has 0 radical (unpaired) electrons. The molecule has 8 heteroatoms. The molecule has 0 spiro atoms. The maximum absolute atomic E-state index is 12.3. The van der Waals surface area contributed by atoms with Crippen molar-refractivity contribution in [1.29, 1.82) is 0 Å². The van der Waals surface area contributed by atoms with Gasteiger partial charge in [0.2, 0.25) is 5.91 Å². The van der Waals surface area contributed by atoms with Gasteiger partial charge in [-0.3, -0.25) is 14.6 Å². The molecular formula is C18H21Cl2N3O2S. The van der Waals surface area contributed by atoms with Crippen LogP contribution in [-0.2, 0) is 11.3 Å². The van der Waals surface area contributed by atoms with E-state index < -0.39 is 0 Å². The van der Waals surface area contributed by atoms with E-state index in [2.05, 4.69) is 21.2 Å². The molecule has 2 aromatic rings. The number of ether oxygens (including phenoxy) is 1. The predicted octanol–water partition coefficient (Wildman–Crippen LogP) is 3.82. The van der Waals surface area contributed by atoms with Gasteiger partial charge < -0.3 is 10.1 Å². The number of thiophene rings is 1. The fourth-order valence-corrected chi connectivity index (χ4v) is 4.30. The molecule has 3 rings (SSSR count). The molecule has 1 fully saturated rings. The molecule has 0 atom stereocenters. The summed E-state index contributed by atoms with van der Waals surface area (Å²) in [5.41, 5.74) is 0.675. The van der Waals surface area contributed by atoms with E-state index in [1.54, 1.807) is 36.6 Å². The van der Waals surface area contributed by atoms with Gasteiger partial charge in [0.05, 0.1) is 23.0 Å². The van der Waals surface area contributed by atoms with Crippen molar-refractivity contribution in [1.82, 2.24) is 9.80 Å². The number of nitrogens with one attached hydrogen (secondary N) is 1. The van der Waals surface area contributed by atoms with Crippen LogP contribution < -0.4 is 10.1 Å². The minimum absolute atomic E-state index is 0.0373. The maximum atomic E-state index is 12.3. The highest BCUT2D eigenvalue weighted by atomic mass is 35.5. The van der Waals surface area contributed by atoms with Crippen LogP contribution in [0.2, 0.25) is 9.36 Å². The first-order valence-corrected chi connectivity index (χ1v) is 9.93. The number of nitrogens with zero attached hydrogens (tertiary/aromatic N) is 2. The monoisotopic (exact) mass is 413 g/mol. The Labute approximate surface area is 167 Å². The van der Waals surface area contributed by atoms with Gasteiger partial charge in [0.1, 0.15) is 5.75 Å². The lowest BCUT2D eigenvalue weighted by Gasteiger charge is -2.34. The Morgan fingerprint density at radius 2 is 1.88 bits per heavy atom. The average Bonchev–Trinajstić information content (AvgIpc) is 3.01. The van der Waals surface area contributed by atoms with E-state index in [0.29, 0.717) is 23.0 Å². The highest BCUT2D eigenvalue weighted by molar-refractivity contribution is 7.16. The second kappa shape index (κ2) is 9.06. The summed E-state index contributed by atoms with van der Waals surface area (Å²) in [7, 11) is 1.56. The molecule has 1 aromatic heterocycles. The summed E-state index contributed by atoms with van der Waals surface area (Å²) >= 11 is 13.7. The van der Waals surface area contributed by atoms with Crippen LogP contribution >= 0.6 is 34.5 Å². The quantitative estimate of drug-likeness (QED) is 0.781. The number of anilines is 1. The minimum Gasteiger partial charge on any atom is -0.495 e. The molecular weight excluding hydrogens is 393 g/mol. The SMILES string of the molecule is COc1ccc(NC(=O)CN2CCN(Cc3ccc(Cl)s3)CC2)cc1Cl. The van der Waals surface area contributed by atoms with E-state index in [0.717, 1.165) is 37.1 Å². The fourth-order valence-electron chi connectivity index (χ4n) is 2.91. The van der Waals surface area contributed by atoms with E-state index in [9.17, 15) is 4.79 Å². The Morgan fingerprint density at radius 1 is 1.15 bits per heavy atom. The normalized spacial score (nSPS) is 15.8. The van der Waals surface area contributed by atoms with Gasteiger partial charge in [0.15, 0.2) is 0 Å². The number of carbonyl (C=O) groups excluding carboxylic acids is 1.